The van der Waals surface area contributed by atoms with Gasteiger partial charge in [-0.2, -0.15) is 0 Å². The lowest BCUT2D eigenvalue weighted by molar-refractivity contribution is -0.154. The molecule has 0 saturated carbocycles. The van der Waals surface area contributed by atoms with Gasteiger partial charge in [0.15, 0.2) is 0 Å². The number of hydrogen-bond donors (Lipinski definition) is 1. The maximum absolute atomic E-state index is 12.4. The fourth-order valence-electron chi connectivity index (χ4n) is 2.53. The van der Waals surface area contributed by atoms with Crippen LogP contribution in [0, 0.1) is 0 Å². The number of amides is 1. The van der Waals surface area contributed by atoms with Crippen LogP contribution >= 0.6 is 0 Å². The molecule has 0 unspecified atom stereocenters. The summed E-state index contributed by atoms with van der Waals surface area (Å²) in [6.45, 7) is 5.71. The number of aliphatic hydroxyl groups is 1. The lowest BCUT2D eigenvalue weighted by atomic mass is 10.00. The Morgan fingerprint density at radius 2 is 1.92 bits per heavy atom. The van der Waals surface area contributed by atoms with Gasteiger partial charge in [0.25, 0.3) is 0 Å². The van der Waals surface area contributed by atoms with E-state index in [4.69, 9.17) is 9.47 Å². The molecule has 132 valence electrons. The first kappa shape index (κ1) is 18.3. The molecule has 6 heteroatoms. The molecule has 0 spiro atoms. The van der Waals surface area contributed by atoms with Crippen LogP contribution in [0.15, 0.2) is 30.3 Å². The second-order valence-corrected chi connectivity index (χ2v) is 6.96. The number of benzene rings is 1. The number of nitrogens with zero attached hydrogens (tertiary/aromatic N) is 1. The van der Waals surface area contributed by atoms with Crippen molar-refractivity contribution < 1.29 is 24.2 Å². The van der Waals surface area contributed by atoms with Gasteiger partial charge in [-0.1, -0.05) is 30.3 Å². The van der Waals surface area contributed by atoms with E-state index in [1.165, 1.54) is 4.90 Å². The number of carbonyl (C=O) groups excluding carboxylic acids is 2. The van der Waals surface area contributed by atoms with Gasteiger partial charge in [-0.15, -0.1) is 0 Å². The number of aliphatic hydroxyl groups excluding tert-OH is 1. The Bertz CT molecular complexity index is 567. The molecule has 0 aromatic heterocycles. The lowest BCUT2D eigenvalue weighted by Gasteiger charge is -2.37. The van der Waals surface area contributed by atoms with Gasteiger partial charge in [-0.05, 0) is 32.8 Å². The van der Waals surface area contributed by atoms with E-state index in [0.717, 1.165) is 5.56 Å². The molecule has 2 rings (SSSR count). The first-order valence-electron chi connectivity index (χ1n) is 8.14. The van der Waals surface area contributed by atoms with Crippen LogP contribution in [0.3, 0.4) is 0 Å². The SMILES string of the molecule is CC(C)(C)OC(=O)N1CC[C@@H](O)C[C@@H]1C(=O)OCc1ccccc1. The number of hydrogen-bond acceptors (Lipinski definition) is 5. The minimum Gasteiger partial charge on any atom is -0.459 e. The highest BCUT2D eigenvalue weighted by atomic mass is 16.6. The van der Waals surface area contributed by atoms with Crippen molar-refractivity contribution in [1.29, 1.82) is 0 Å². The van der Waals surface area contributed by atoms with Crippen molar-refractivity contribution in [2.24, 2.45) is 0 Å². The van der Waals surface area contributed by atoms with Crippen LogP contribution in [-0.4, -0.2) is 46.4 Å². The summed E-state index contributed by atoms with van der Waals surface area (Å²) < 4.78 is 10.7. The van der Waals surface area contributed by atoms with Crippen LogP contribution in [0.2, 0.25) is 0 Å². The first-order chi connectivity index (χ1) is 11.3. The van der Waals surface area contributed by atoms with Crippen molar-refractivity contribution in [2.45, 2.75) is 58.0 Å². The van der Waals surface area contributed by atoms with Crippen molar-refractivity contribution in [3.8, 4) is 0 Å². The third kappa shape index (κ3) is 5.23. The van der Waals surface area contributed by atoms with E-state index in [0.29, 0.717) is 6.42 Å². The average Bonchev–Trinajstić information content (AvgIpc) is 2.51. The van der Waals surface area contributed by atoms with E-state index < -0.39 is 29.8 Å². The molecule has 1 aliphatic rings. The van der Waals surface area contributed by atoms with Crippen LogP contribution in [0.5, 0.6) is 0 Å². The molecule has 1 N–H and O–H groups in total. The average molecular weight is 335 g/mol. The molecular weight excluding hydrogens is 310 g/mol. The van der Waals surface area contributed by atoms with Crippen LogP contribution in [0.4, 0.5) is 4.79 Å². The van der Waals surface area contributed by atoms with Gasteiger partial charge >= 0.3 is 12.1 Å². The summed E-state index contributed by atoms with van der Waals surface area (Å²) in [5.41, 5.74) is 0.220. The van der Waals surface area contributed by atoms with Gasteiger partial charge in [0.05, 0.1) is 6.10 Å². The largest absolute Gasteiger partial charge is 0.459 e. The Hall–Kier alpha value is -2.08. The Morgan fingerprint density at radius 1 is 1.25 bits per heavy atom. The molecule has 2 atom stereocenters. The molecule has 0 radical (unpaired) electrons. The van der Waals surface area contributed by atoms with E-state index >= 15 is 0 Å². The van der Waals surface area contributed by atoms with E-state index in [1.807, 2.05) is 30.3 Å². The smallest absolute Gasteiger partial charge is 0.411 e. The van der Waals surface area contributed by atoms with Gasteiger partial charge in [0.1, 0.15) is 18.2 Å². The topological polar surface area (TPSA) is 76.1 Å². The minimum absolute atomic E-state index is 0.133. The molecule has 1 fully saturated rings. The van der Waals surface area contributed by atoms with Crippen molar-refractivity contribution in [2.75, 3.05) is 6.54 Å². The standard InChI is InChI=1S/C18H25NO5/c1-18(2,3)24-17(22)19-10-9-14(20)11-15(19)16(21)23-12-13-7-5-4-6-8-13/h4-8,14-15,20H,9-12H2,1-3H3/t14-,15-/m1/s1. The molecule has 1 aromatic carbocycles. The molecule has 24 heavy (non-hydrogen) atoms. The van der Waals surface area contributed by atoms with Gasteiger partial charge in [0, 0.05) is 13.0 Å². The molecule has 1 aliphatic heterocycles. The minimum atomic E-state index is -0.827. The summed E-state index contributed by atoms with van der Waals surface area (Å²) >= 11 is 0. The number of esters is 1. The zero-order chi connectivity index (χ0) is 17.7. The number of carbonyl (C=O) groups is 2. The van der Waals surface area contributed by atoms with Gasteiger partial charge in [-0.25, -0.2) is 9.59 Å². The maximum Gasteiger partial charge on any atom is 0.411 e. The summed E-state index contributed by atoms with van der Waals surface area (Å²) in [4.78, 5) is 26.1. The van der Waals surface area contributed by atoms with E-state index in [9.17, 15) is 14.7 Å². The molecule has 1 heterocycles. The van der Waals surface area contributed by atoms with E-state index in [-0.39, 0.29) is 19.6 Å². The van der Waals surface area contributed by atoms with E-state index in [1.54, 1.807) is 20.8 Å². The molecule has 6 nitrogen and oxygen atoms in total. The first-order valence-corrected chi connectivity index (χ1v) is 8.14. The lowest BCUT2D eigenvalue weighted by Crippen LogP contribution is -2.53. The molecule has 1 aromatic rings. The fraction of sp³-hybridized carbons (Fsp3) is 0.556. The molecule has 1 amide bonds. The number of piperidine rings is 1. The summed E-state index contributed by atoms with van der Waals surface area (Å²) in [6, 6.07) is 8.49. The van der Waals surface area contributed by atoms with Crippen molar-refractivity contribution >= 4 is 12.1 Å². The fourth-order valence-corrected chi connectivity index (χ4v) is 2.53. The van der Waals surface area contributed by atoms with Crippen molar-refractivity contribution in [1.82, 2.24) is 4.90 Å². The second kappa shape index (κ2) is 7.66. The summed E-state index contributed by atoms with van der Waals surface area (Å²) in [6.07, 6.45) is -0.608. The predicted molar refractivity (Wildman–Crippen MR) is 88.2 cm³/mol. The number of rotatable bonds is 3. The van der Waals surface area contributed by atoms with Crippen LogP contribution in [0.1, 0.15) is 39.2 Å². The molecule has 0 aliphatic carbocycles. The highest BCUT2D eigenvalue weighted by Gasteiger charge is 2.38. The highest BCUT2D eigenvalue weighted by molar-refractivity contribution is 5.82. The third-order valence-electron chi connectivity index (χ3n) is 3.70. The van der Waals surface area contributed by atoms with Crippen molar-refractivity contribution in [3.63, 3.8) is 0 Å². The molecular formula is C18H25NO5. The Morgan fingerprint density at radius 3 is 2.54 bits per heavy atom. The zero-order valence-corrected chi connectivity index (χ0v) is 14.4. The van der Waals surface area contributed by atoms with Crippen LogP contribution in [-0.2, 0) is 20.9 Å². The number of ether oxygens (including phenoxy) is 2. The van der Waals surface area contributed by atoms with Crippen LogP contribution < -0.4 is 0 Å². The quantitative estimate of drug-likeness (QED) is 0.859. The van der Waals surface area contributed by atoms with E-state index in [2.05, 4.69) is 0 Å². The molecule has 1 saturated heterocycles. The van der Waals surface area contributed by atoms with Gasteiger partial charge < -0.3 is 14.6 Å². The Labute approximate surface area is 142 Å². The predicted octanol–water partition coefficient (Wildman–Crippen LogP) is 2.49. The normalized spacial score (nSPS) is 21.2. The summed E-state index contributed by atoms with van der Waals surface area (Å²) in [5, 5.41) is 9.86. The summed E-state index contributed by atoms with van der Waals surface area (Å²) in [7, 11) is 0. The Kier molecular flexibility index (Phi) is 5.83. The van der Waals surface area contributed by atoms with Crippen molar-refractivity contribution in [3.05, 3.63) is 35.9 Å². The number of likely N-dealkylation sites (tertiary alicyclic amines) is 1. The summed E-state index contributed by atoms with van der Waals surface area (Å²) in [5.74, 6) is -0.525. The zero-order valence-electron chi connectivity index (χ0n) is 14.4. The monoisotopic (exact) mass is 335 g/mol. The Balaban J connectivity index is 2.02. The van der Waals surface area contributed by atoms with Crippen LogP contribution in [0.25, 0.3) is 0 Å². The van der Waals surface area contributed by atoms with Gasteiger partial charge in [0.2, 0.25) is 0 Å². The second-order valence-electron chi connectivity index (χ2n) is 6.96. The highest BCUT2D eigenvalue weighted by Crippen LogP contribution is 2.22. The van der Waals surface area contributed by atoms with Gasteiger partial charge in [-0.3, -0.25) is 4.90 Å². The molecule has 0 bridgehead atoms. The third-order valence-corrected chi connectivity index (χ3v) is 3.70. The maximum atomic E-state index is 12.4.